The first-order valence-corrected chi connectivity index (χ1v) is 11.6. The molecule has 0 aromatic rings. The molecule has 0 bridgehead atoms. The summed E-state index contributed by atoms with van der Waals surface area (Å²) in [4.78, 5) is 0. The van der Waals surface area contributed by atoms with Crippen LogP contribution < -0.4 is 0 Å². The van der Waals surface area contributed by atoms with Crippen molar-refractivity contribution in [3.63, 3.8) is 0 Å². The maximum Gasteiger partial charge on any atom is 0.0757 e. The summed E-state index contributed by atoms with van der Waals surface area (Å²) in [6.45, 7) is 8.69. The zero-order valence-electron chi connectivity index (χ0n) is 18.7. The molecule has 3 nitrogen and oxygen atoms in total. The lowest BCUT2D eigenvalue weighted by Crippen LogP contribution is -2.35. The second-order valence-electron chi connectivity index (χ2n) is 10.7. The molecule has 3 heteroatoms. The van der Waals surface area contributed by atoms with E-state index in [0.29, 0.717) is 30.1 Å². The van der Waals surface area contributed by atoms with E-state index in [-0.39, 0.29) is 0 Å². The fourth-order valence-electron chi connectivity index (χ4n) is 6.18. The maximum atomic E-state index is 10.0. The van der Waals surface area contributed by atoms with Gasteiger partial charge in [-0.25, -0.2) is 0 Å². The van der Waals surface area contributed by atoms with Gasteiger partial charge in [0.2, 0.25) is 0 Å². The average Bonchev–Trinajstić information content (AvgIpc) is 2.95. The van der Waals surface area contributed by atoms with Gasteiger partial charge in [0.1, 0.15) is 0 Å². The second kappa shape index (κ2) is 8.96. The highest BCUT2D eigenvalue weighted by Gasteiger charge is 2.50. The molecule has 1 saturated carbocycles. The summed E-state index contributed by atoms with van der Waals surface area (Å²) in [6.07, 6.45) is 12.0. The molecule has 0 unspecified atom stereocenters. The Bertz CT molecular complexity index is 702. The molecule has 0 saturated heterocycles. The molecule has 0 amide bonds. The number of hydrogen-bond donors (Lipinski definition) is 3. The van der Waals surface area contributed by atoms with Crippen LogP contribution in [0.4, 0.5) is 0 Å². The van der Waals surface area contributed by atoms with Gasteiger partial charge in [-0.3, -0.25) is 0 Å². The molecule has 0 aromatic carbocycles. The normalized spacial score (nSPS) is 35.8. The standard InChI is InChI=1S/C26H40O3/c1-18(7-5-13-25(2,3)29)23-11-12-24-20(8-6-14-26(23,24)4)10-9-19-15-21(27)17-22(28)16-19/h8,15,18,21-24,27-29H,5-7,11-14,16-17H2,1-4H3/t18-,21+,22-,23-,24+,26-/m1/s1. The first-order chi connectivity index (χ1) is 13.6. The summed E-state index contributed by atoms with van der Waals surface area (Å²) >= 11 is 0. The van der Waals surface area contributed by atoms with Crippen LogP contribution in [0.15, 0.2) is 23.3 Å². The van der Waals surface area contributed by atoms with Crippen molar-refractivity contribution >= 4 is 0 Å². The van der Waals surface area contributed by atoms with E-state index >= 15 is 0 Å². The maximum absolute atomic E-state index is 10.0. The topological polar surface area (TPSA) is 60.7 Å². The minimum Gasteiger partial charge on any atom is -0.393 e. The van der Waals surface area contributed by atoms with Gasteiger partial charge in [-0.1, -0.05) is 44.6 Å². The predicted octanol–water partition coefficient (Wildman–Crippen LogP) is 4.76. The number of allylic oxidation sites excluding steroid dienone is 2. The van der Waals surface area contributed by atoms with E-state index in [1.165, 1.54) is 31.3 Å². The molecule has 0 aliphatic heterocycles. The van der Waals surface area contributed by atoms with Crippen LogP contribution in [0.1, 0.15) is 85.5 Å². The van der Waals surface area contributed by atoms with Crippen LogP contribution in [0.3, 0.4) is 0 Å². The molecule has 162 valence electrons. The minimum absolute atomic E-state index is 0.312. The smallest absolute Gasteiger partial charge is 0.0757 e. The highest BCUT2D eigenvalue weighted by Crippen LogP contribution is 2.58. The van der Waals surface area contributed by atoms with E-state index in [1.54, 1.807) is 0 Å². The van der Waals surface area contributed by atoms with Gasteiger partial charge in [0.25, 0.3) is 0 Å². The van der Waals surface area contributed by atoms with E-state index in [2.05, 4.69) is 31.8 Å². The van der Waals surface area contributed by atoms with Crippen molar-refractivity contribution < 1.29 is 15.3 Å². The van der Waals surface area contributed by atoms with E-state index in [4.69, 9.17) is 0 Å². The molecule has 0 radical (unpaired) electrons. The summed E-state index contributed by atoms with van der Waals surface area (Å²) in [5.74, 6) is 8.64. The van der Waals surface area contributed by atoms with Crippen LogP contribution in [-0.2, 0) is 0 Å². The van der Waals surface area contributed by atoms with Gasteiger partial charge in [0.15, 0.2) is 0 Å². The van der Waals surface area contributed by atoms with E-state index < -0.39 is 17.8 Å². The van der Waals surface area contributed by atoms with Gasteiger partial charge in [-0.2, -0.15) is 0 Å². The van der Waals surface area contributed by atoms with Crippen molar-refractivity contribution in [1.82, 2.24) is 0 Å². The van der Waals surface area contributed by atoms with Crippen LogP contribution in [0.2, 0.25) is 0 Å². The summed E-state index contributed by atoms with van der Waals surface area (Å²) < 4.78 is 0. The van der Waals surface area contributed by atoms with Crippen LogP contribution in [0.25, 0.3) is 0 Å². The molecule has 3 N–H and O–H groups in total. The van der Waals surface area contributed by atoms with Gasteiger partial charge in [-0.15, -0.1) is 0 Å². The van der Waals surface area contributed by atoms with Gasteiger partial charge in [-0.05, 0) is 75.2 Å². The largest absolute Gasteiger partial charge is 0.393 e. The van der Waals surface area contributed by atoms with Gasteiger partial charge in [0.05, 0.1) is 17.8 Å². The molecule has 0 heterocycles. The quantitative estimate of drug-likeness (QED) is 0.583. The van der Waals surface area contributed by atoms with Crippen molar-refractivity contribution in [3.05, 3.63) is 23.3 Å². The number of hydrogen-bond acceptors (Lipinski definition) is 3. The summed E-state index contributed by atoms with van der Waals surface area (Å²) in [7, 11) is 0. The summed E-state index contributed by atoms with van der Waals surface area (Å²) in [5, 5.41) is 29.8. The van der Waals surface area contributed by atoms with Gasteiger partial charge >= 0.3 is 0 Å². The lowest BCUT2D eigenvalue weighted by atomic mass is 9.62. The third-order valence-corrected chi connectivity index (χ3v) is 7.70. The van der Waals surface area contributed by atoms with Crippen LogP contribution >= 0.6 is 0 Å². The number of fused-ring (bicyclic) bond motifs is 1. The number of rotatable bonds is 5. The van der Waals surface area contributed by atoms with Crippen molar-refractivity contribution in [2.24, 2.45) is 23.2 Å². The average molecular weight is 401 g/mol. The van der Waals surface area contributed by atoms with Gasteiger partial charge in [0, 0.05) is 24.0 Å². The molecule has 0 spiro atoms. The molecule has 3 aliphatic rings. The molecule has 3 aliphatic carbocycles. The SMILES string of the molecule is C[C@H](CCCC(C)(C)O)[C@H]1CC[C@H]2C(C#CC3=C[C@H](O)C[C@H](O)C3)=CCC[C@]12C. The highest BCUT2D eigenvalue weighted by molar-refractivity contribution is 5.42. The lowest BCUT2D eigenvalue weighted by Gasteiger charge is -2.42. The van der Waals surface area contributed by atoms with E-state index in [0.717, 1.165) is 30.8 Å². The Morgan fingerprint density at radius 3 is 2.69 bits per heavy atom. The second-order valence-corrected chi connectivity index (χ2v) is 10.7. The Labute approximate surface area is 177 Å². The first kappa shape index (κ1) is 22.6. The minimum atomic E-state index is -0.575. The molecule has 3 rings (SSSR count). The molecular formula is C26H40O3. The molecular weight excluding hydrogens is 360 g/mol. The Hall–Kier alpha value is -1.08. The summed E-state index contributed by atoms with van der Waals surface area (Å²) in [6, 6.07) is 0. The van der Waals surface area contributed by atoms with Crippen molar-refractivity contribution in [1.29, 1.82) is 0 Å². The Morgan fingerprint density at radius 1 is 1.24 bits per heavy atom. The molecule has 1 fully saturated rings. The van der Waals surface area contributed by atoms with Gasteiger partial charge < -0.3 is 15.3 Å². The fraction of sp³-hybridized carbons (Fsp3) is 0.769. The zero-order valence-corrected chi connectivity index (χ0v) is 18.7. The monoisotopic (exact) mass is 400 g/mol. The van der Waals surface area contributed by atoms with Crippen LogP contribution in [-0.4, -0.2) is 33.1 Å². The van der Waals surface area contributed by atoms with Crippen molar-refractivity contribution in [3.8, 4) is 11.8 Å². The lowest BCUT2D eigenvalue weighted by molar-refractivity contribution is 0.0614. The Kier molecular flexibility index (Phi) is 6.99. The molecule has 6 atom stereocenters. The predicted molar refractivity (Wildman–Crippen MR) is 118 cm³/mol. The van der Waals surface area contributed by atoms with E-state index in [1.807, 2.05) is 19.9 Å². The van der Waals surface area contributed by atoms with Crippen molar-refractivity contribution in [2.75, 3.05) is 0 Å². The summed E-state index contributed by atoms with van der Waals surface area (Å²) in [5.41, 5.74) is 1.90. The fourth-order valence-corrected chi connectivity index (χ4v) is 6.18. The van der Waals surface area contributed by atoms with E-state index in [9.17, 15) is 15.3 Å². The van der Waals surface area contributed by atoms with Crippen molar-refractivity contribution in [2.45, 2.75) is 103 Å². The number of aliphatic hydroxyl groups excluding tert-OH is 2. The van der Waals surface area contributed by atoms with Crippen LogP contribution in [0.5, 0.6) is 0 Å². The third-order valence-electron chi connectivity index (χ3n) is 7.70. The third kappa shape index (κ3) is 5.54. The highest BCUT2D eigenvalue weighted by atomic mass is 16.3. The Balaban J connectivity index is 1.67. The first-order valence-electron chi connectivity index (χ1n) is 11.6. The van der Waals surface area contributed by atoms with Crippen LogP contribution in [0, 0.1) is 35.0 Å². The number of aliphatic hydroxyl groups is 3. The zero-order chi connectivity index (χ0) is 21.2. The molecule has 29 heavy (non-hydrogen) atoms. The Morgan fingerprint density at radius 2 is 2.00 bits per heavy atom. The molecule has 0 aromatic heterocycles.